The molecule has 0 aromatic rings. The Morgan fingerprint density at radius 3 is 2.64 bits per heavy atom. The first-order valence-corrected chi connectivity index (χ1v) is 5.15. The van der Waals surface area contributed by atoms with E-state index in [9.17, 15) is 9.59 Å². The first-order chi connectivity index (χ1) is 6.66. The Kier molecular flexibility index (Phi) is 4.07. The van der Waals surface area contributed by atoms with Crippen LogP contribution in [-0.4, -0.2) is 36.9 Å². The van der Waals surface area contributed by atoms with Gasteiger partial charge >= 0.3 is 0 Å². The third-order valence-corrected chi connectivity index (χ3v) is 2.53. The molecular formula is C10H18N2O2. The molecule has 0 aromatic heterocycles. The standard InChI is InChI=1S/C10H18N2O2/c1-8-7-9(13)12(10(8)14)6-4-3-5-11-2/h8,11H,3-7H2,1-2H3. The van der Waals surface area contributed by atoms with Gasteiger partial charge in [0.1, 0.15) is 0 Å². The lowest BCUT2D eigenvalue weighted by Gasteiger charge is -2.13. The molecule has 0 aliphatic carbocycles. The molecule has 1 saturated heterocycles. The van der Waals surface area contributed by atoms with E-state index >= 15 is 0 Å². The van der Waals surface area contributed by atoms with Crippen LogP contribution in [0.2, 0.25) is 0 Å². The lowest BCUT2D eigenvalue weighted by atomic mass is 10.1. The van der Waals surface area contributed by atoms with E-state index in [1.54, 1.807) is 0 Å². The largest absolute Gasteiger partial charge is 0.320 e. The van der Waals surface area contributed by atoms with Gasteiger partial charge in [0.25, 0.3) is 0 Å². The Balaban J connectivity index is 2.30. The molecule has 1 unspecified atom stereocenters. The number of imide groups is 1. The molecule has 14 heavy (non-hydrogen) atoms. The van der Waals surface area contributed by atoms with Gasteiger partial charge in [-0.05, 0) is 26.4 Å². The summed E-state index contributed by atoms with van der Waals surface area (Å²) in [4.78, 5) is 24.2. The molecule has 1 rings (SSSR count). The molecule has 4 heteroatoms. The van der Waals surface area contributed by atoms with Crippen molar-refractivity contribution in [3.63, 3.8) is 0 Å². The third-order valence-electron chi connectivity index (χ3n) is 2.53. The molecule has 1 fully saturated rings. The molecule has 1 N–H and O–H groups in total. The first kappa shape index (κ1) is 11.2. The Morgan fingerprint density at radius 1 is 1.43 bits per heavy atom. The molecule has 0 radical (unpaired) electrons. The van der Waals surface area contributed by atoms with Crippen LogP contribution in [0.5, 0.6) is 0 Å². The monoisotopic (exact) mass is 198 g/mol. The van der Waals surface area contributed by atoms with Crippen LogP contribution in [0.1, 0.15) is 26.2 Å². The number of hydrogen-bond acceptors (Lipinski definition) is 3. The van der Waals surface area contributed by atoms with Crippen LogP contribution in [0.25, 0.3) is 0 Å². The van der Waals surface area contributed by atoms with Gasteiger partial charge in [-0.3, -0.25) is 14.5 Å². The van der Waals surface area contributed by atoms with E-state index in [4.69, 9.17) is 0 Å². The first-order valence-electron chi connectivity index (χ1n) is 5.15. The number of carbonyl (C=O) groups excluding carboxylic acids is 2. The highest BCUT2D eigenvalue weighted by molar-refractivity contribution is 6.03. The topological polar surface area (TPSA) is 49.4 Å². The van der Waals surface area contributed by atoms with Crippen LogP contribution >= 0.6 is 0 Å². The summed E-state index contributed by atoms with van der Waals surface area (Å²) in [5.74, 6) is -0.113. The number of hydrogen-bond donors (Lipinski definition) is 1. The lowest BCUT2D eigenvalue weighted by Crippen LogP contribution is -2.31. The maximum atomic E-state index is 11.5. The van der Waals surface area contributed by atoms with Gasteiger partial charge < -0.3 is 5.32 Å². The third kappa shape index (κ3) is 2.54. The van der Waals surface area contributed by atoms with E-state index in [-0.39, 0.29) is 17.7 Å². The average Bonchev–Trinajstić information content (AvgIpc) is 2.38. The smallest absolute Gasteiger partial charge is 0.232 e. The van der Waals surface area contributed by atoms with Gasteiger partial charge in [0.2, 0.25) is 11.8 Å². The van der Waals surface area contributed by atoms with Crippen molar-refractivity contribution in [2.75, 3.05) is 20.1 Å². The molecule has 1 heterocycles. The van der Waals surface area contributed by atoms with Crippen LogP contribution in [0.4, 0.5) is 0 Å². The summed E-state index contributed by atoms with van der Waals surface area (Å²) >= 11 is 0. The Bertz CT molecular complexity index is 228. The van der Waals surface area contributed by atoms with Crippen LogP contribution < -0.4 is 5.32 Å². The van der Waals surface area contributed by atoms with Crippen molar-refractivity contribution in [3.8, 4) is 0 Å². The van der Waals surface area contributed by atoms with Crippen molar-refractivity contribution in [2.45, 2.75) is 26.2 Å². The van der Waals surface area contributed by atoms with Gasteiger partial charge in [-0.15, -0.1) is 0 Å². The van der Waals surface area contributed by atoms with Gasteiger partial charge in [0.05, 0.1) is 0 Å². The lowest BCUT2D eigenvalue weighted by molar-refractivity contribution is -0.139. The minimum atomic E-state index is -0.105. The molecule has 80 valence electrons. The zero-order chi connectivity index (χ0) is 10.6. The predicted octanol–water partition coefficient (Wildman–Crippen LogP) is 0.381. The fraction of sp³-hybridized carbons (Fsp3) is 0.800. The van der Waals surface area contributed by atoms with E-state index in [0.29, 0.717) is 13.0 Å². The fourth-order valence-electron chi connectivity index (χ4n) is 1.65. The van der Waals surface area contributed by atoms with Crippen molar-refractivity contribution in [1.29, 1.82) is 0 Å². The van der Waals surface area contributed by atoms with Gasteiger partial charge in [-0.1, -0.05) is 6.92 Å². The molecule has 0 aromatic carbocycles. The average molecular weight is 198 g/mol. The van der Waals surface area contributed by atoms with Gasteiger partial charge in [-0.2, -0.15) is 0 Å². The van der Waals surface area contributed by atoms with Crippen LogP contribution in [0.3, 0.4) is 0 Å². The summed E-state index contributed by atoms with van der Waals surface area (Å²) < 4.78 is 0. The number of unbranched alkanes of at least 4 members (excludes halogenated alkanes) is 1. The molecule has 1 aliphatic rings. The van der Waals surface area contributed by atoms with E-state index in [1.165, 1.54) is 4.90 Å². The van der Waals surface area contributed by atoms with E-state index in [1.807, 2.05) is 14.0 Å². The number of rotatable bonds is 5. The summed E-state index contributed by atoms with van der Waals surface area (Å²) in [6.07, 6.45) is 2.29. The van der Waals surface area contributed by atoms with Crippen molar-refractivity contribution in [3.05, 3.63) is 0 Å². The number of nitrogens with one attached hydrogen (secondary N) is 1. The zero-order valence-corrected chi connectivity index (χ0v) is 8.88. The highest BCUT2D eigenvalue weighted by Crippen LogP contribution is 2.18. The van der Waals surface area contributed by atoms with E-state index < -0.39 is 0 Å². The van der Waals surface area contributed by atoms with Crippen LogP contribution in [0.15, 0.2) is 0 Å². The molecule has 0 spiro atoms. The molecular weight excluding hydrogens is 180 g/mol. The molecule has 4 nitrogen and oxygen atoms in total. The normalized spacial score (nSPS) is 22.1. The fourth-order valence-corrected chi connectivity index (χ4v) is 1.65. The Labute approximate surface area is 84.7 Å². The molecule has 1 aliphatic heterocycles. The highest BCUT2D eigenvalue weighted by atomic mass is 16.2. The quantitative estimate of drug-likeness (QED) is 0.513. The Morgan fingerprint density at radius 2 is 2.14 bits per heavy atom. The molecule has 1 atom stereocenters. The molecule has 0 saturated carbocycles. The number of carbonyl (C=O) groups is 2. The van der Waals surface area contributed by atoms with Crippen molar-refractivity contribution >= 4 is 11.8 Å². The number of likely N-dealkylation sites (tertiary alicyclic amines) is 1. The van der Waals surface area contributed by atoms with Crippen LogP contribution in [0, 0.1) is 5.92 Å². The molecule has 0 bridgehead atoms. The minimum absolute atomic E-state index is 0.000502. The molecule has 2 amide bonds. The number of amides is 2. The summed E-state index contributed by atoms with van der Waals surface area (Å²) in [6, 6.07) is 0. The van der Waals surface area contributed by atoms with Gasteiger partial charge in [-0.25, -0.2) is 0 Å². The second-order valence-corrected chi connectivity index (χ2v) is 3.80. The van der Waals surface area contributed by atoms with Gasteiger partial charge in [0, 0.05) is 18.9 Å². The summed E-state index contributed by atoms with van der Waals surface area (Å²) in [5, 5.41) is 3.04. The van der Waals surface area contributed by atoms with E-state index in [2.05, 4.69) is 5.32 Å². The van der Waals surface area contributed by atoms with E-state index in [0.717, 1.165) is 19.4 Å². The summed E-state index contributed by atoms with van der Waals surface area (Å²) in [7, 11) is 1.90. The highest BCUT2D eigenvalue weighted by Gasteiger charge is 2.34. The Hall–Kier alpha value is -0.900. The summed E-state index contributed by atoms with van der Waals surface area (Å²) in [6.45, 7) is 3.34. The van der Waals surface area contributed by atoms with Crippen LogP contribution in [-0.2, 0) is 9.59 Å². The van der Waals surface area contributed by atoms with Crippen molar-refractivity contribution in [1.82, 2.24) is 10.2 Å². The predicted molar refractivity (Wildman–Crippen MR) is 53.7 cm³/mol. The maximum Gasteiger partial charge on any atom is 0.232 e. The summed E-state index contributed by atoms with van der Waals surface area (Å²) in [5.41, 5.74) is 0. The van der Waals surface area contributed by atoms with Gasteiger partial charge in [0.15, 0.2) is 0 Å². The zero-order valence-electron chi connectivity index (χ0n) is 8.88. The second kappa shape index (κ2) is 5.10. The minimum Gasteiger partial charge on any atom is -0.320 e. The number of nitrogens with zero attached hydrogens (tertiary/aromatic N) is 1. The van der Waals surface area contributed by atoms with Crippen molar-refractivity contribution < 1.29 is 9.59 Å². The second-order valence-electron chi connectivity index (χ2n) is 3.80. The SMILES string of the molecule is CNCCCCN1C(=O)CC(C)C1=O. The maximum absolute atomic E-state index is 11.5. The van der Waals surface area contributed by atoms with Crippen molar-refractivity contribution in [2.24, 2.45) is 5.92 Å².